The first-order chi connectivity index (χ1) is 5.91. The molecule has 0 spiro atoms. The molecule has 0 rings (SSSR count). The smallest absolute Gasteiger partial charge is 1.00 e. The Kier molecular flexibility index (Phi) is 13.6. The van der Waals surface area contributed by atoms with Gasteiger partial charge in [-0.1, -0.05) is 0 Å². The van der Waals surface area contributed by atoms with Gasteiger partial charge in [-0.2, -0.15) is 0 Å². The van der Waals surface area contributed by atoms with Crippen molar-refractivity contribution in [3.63, 3.8) is 0 Å². The Morgan fingerprint density at radius 2 is 1.53 bits per heavy atom. The molecule has 9 heteroatoms. The van der Waals surface area contributed by atoms with E-state index in [1.54, 1.807) is 0 Å². The van der Waals surface area contributed by atoms with Crippen LogP contribution in [0.3, 0.4) is 0 Å². The summed E-state index contributed by atoms with van der Waals surface area (Å²) in [6.07, 6.45) is -7.84. The average molecular weight is 286 g/mol. The number of carboxylic acid groups (broad SMARTS) is 1. The zero-order chi connectivity index (χ0) is 10.6. The quantitative estimate of drug-likeness (QED) is 0.286. The Bertz CT molecular complexity index is 190. The van der Waals surface area contributed by atoms with E-state index >= 15 is 0 Å². The van der Waals surface area contributed by atoms with E-state index in [1.165, 1.54) is 0 Å². The summed E-state index contributed by atoms with van der Waals surface area (Å²) in [6.45, 7) is -0.843. The van der Waals surface area contributed by atoms with Gasteiger partial charge in [-0.3, -0.25) is 0 Å². The molecule has 0 aromatic carbocycles. The van der Waals surface area contributed by atoms with E-state index in [1.807, 2.05) is 0 Å². The molecule has 7 nitrogen and oxygen atoms in total. The van der Waals surface area contributed by atoms with Crippen LogP contribution in [-0.2, 0) is 21.9 Å². The summed E-state index contributed by atoms with van der Waals surface area (Å²) in [5, 5.41) is 51.8. The first-order valence-electron chi connectivity index (χ1n) is 3.47. The van der Waals surface area contributed by atoms with Crippen LogP contribution in [0.5, 0.6) is 0 Å². The molecule has 0 aliphatic carbocycles. The summed E-state index contributed by atoms with van der Waals surface area (Å²) in [7, 11) is 0. The molecule has 0 saturated heterocycles. The van der Waals surface area contributed by atoms with Crippen LogP contribution in [0.4, 0.5) is 0 Å². The van der Waals surface area contributed by atoms with Gasteiger partial charge >= 0.3 is 29.0 Å². The zero-order valence-corrected chi connectivity index (χ0v) is 9.97. The van der Waals surface area contributed by atoms with Crippen molar-refractivity contribution in [3.05, 3.63) is 0 Å². The van der Waals surface area contributed by atoms with Gasteiger partial charge < -0.3 is 33.5 Å². The fourth-order valence-electron chi connectivity index (χ4n) is 0.668. The predicted molar refractivity (Wildman–Crippen MR) is 46.7 cm³/mol. The molecule has 0 aliphatic rings. The molecular formula is C6H14CuMgO7. The van der Waals surface area contributed by atoms with Crippen LogP contribution in [0.25, 0.3) is 0 Å². The third kappa shape index (κ3) is 6.66. The first kappa shape index (κ1) is 20.9. The van der Waals surface area contributed by atoms with Gasteiger partial charge in [0, 0.05) is 17.1 Å². The van der Waals surface area contributed by atoms with Crippen molar-refractivity contribution in [2.45, 2.75) is 24.4 Å². The Morgan fingerprint density at radius 3 is 1.80 bits per heavy atom. The summed E-state index contributed by atoms with van der Waals surface area (Å²) in [5.74, 6) is -1.73. The maximum atomic E-state index is 10.1. The summed E-state index contributed by atoms with van der Waals surface area (Å²) in [4.78, 5) is 10.1. The Balaban J connectivity index is -0.000000120. The fraction of sp³-hybridized carbons (Fsp3) is 0.833. The van der Waals surface area contributed by atoms with E-state index in [9.17, 15) is 4.79 Å². The van der Waals surface area contributed by atoms with Gasteiger partial charge in [-0.25, -0.2) is 4.79 Å². The molecule has 0 aromatic heterocycles. The monoisotopic (exact) mass is 285 g/mol. The molecule has 6 N–H and O–H groups in total. The van der Waals surface area contributed by atoms with Crippen molar-refractivity contribution in [2.75, 3.05) is 6.61 Å². The number of aliphatic carboxylic acids is 1. The molecule has 0 amide bonds. The van der Waals surface area contributed by atoms with Crippen molar-refractivity contribution in [1.29, 1.82) is 0 Å². The molecule has 0 fully saturated rings. The molecule has 0 aliphatic heterocycles. The molecule has 0 saturated carbocycles. The van der Waals surface area contributed by atoms with E-state index in [0.717, 1.165) is 0 Å². The van der Waals surface area contributed by atoms with E-state index in [2.05, 4.69) is 0 Å². The number of carbonyl (C=O) groups is 1. The number of carboxylic acids is 1. The zero-order valence-electron chi connectivity index (χ0n) is 9.62. The molecule has 1 radical (unpaired) electrons. The van der Waals surface area contributed by atoms with Gasteiger partial charge in [0.15, 0.2) is 6.10 Å². The number of aliphatic hydroxyl groups is 5. The minimum absolute atomic E-state index is 0. The fourth-order valence-corrected chi connectivity index (χ4v) is 0.668. The van der Waals surface area contributed by atoms with E-state index < -0.39 is 37.0 Å². The SMILES string of the molecule is O=C(O)[C@H](O)[C@@H](O)[C@H](O)[C@H](O)CO.[Cu].[H-].[H-].[Mg+2]. The topological polar surface area (TPSA) is 138 Å². The molecule has 0 heterocycles. The summed E-state index contributed by atoms with van der Waals surface area (Å²) in [5.41, 5.74) is 0. The molecule has 0 aromatic rings. The molecule has 0 bridgehead atoms. The molecule has 4 atom stereocenters. The number of hydrogen-bond donors (Lipinski definition) is 6. The van der Waals surface area contributed by atoms with Crippen LogP contribution in [0.2, 0.25) is 0 Å². The van der Waals surface area contributed by atoms with Crippen molar-refractivity contribution in [2.24, 2.45) is 0 Å². The Hall–Kier alpha value is 0.556. The first-order valence-corrected chi connectivity index (χ1v) is 3.47. The largest absolute Gasteiger partial charge is 2.00 e. The Morgan fingerprint density at radius 1 is 1.13 bits per heavy atom. The van der Waals surface area contributed by atoms with Crippen molar-refractivity contribution in [3.8, 4) is 0 Å². The third-order valence-electron chi connectivity index (χ3n) is 1.51. The van der Waals surface area contributed by atoms with E-state index in [-0.39, 0.29) is 43.0 Å². The standard InChI is InChI=1S/C6H12O7.Cu.Mg.2H/c7-1-2(8)3(9)4(10)5(11)6(12)13;;;;/h2-5,7-11H,1H2,(H,12,13);;;;/q;;+2;2*-1/t2-,3-,4+,5-;;;;/m1..../s1. The van der Waals surface area contributed by atoms with Gasteiger partial charge in [0.2, 0.25) is 0 Å². The molecular weight excluding hydrogens is 272 g/mol. The second kappa shape index (κ2) is 9.76. The van der Waals surface area contributed by atoms with Crippen molar-refractivity contribution < 1.29 is 55.4 Å². The third-order valence-corrected chi connectivity index (χ3v) is 1.51. The summed E-state index contributed by atoms with van der Waals surface area (Å²) < 4.78 is 0. The van der Waals surface area contributed by atoms with Gasteiger partial charge in [0.25, 0.3) is 0 Å². The van der Waals surface area contributed by atoms with Crippen molar-refractivity contribution in [1.82, 2.24) is 0 Å². The van der Waals surface area contributed by atoms with E-state index in [4.69, 9.17) is 30.6 Å². The average Bonchev–Trinajstić information content (AvgIpc) is 2.12. The number of rotatable bonds is 5. The number of hydrogen-bond acceptors (Lipinski definition) is 6. The van der Waals surface area contributed by atoms with Crippen LogP contribution < -0.4 is 0 Å². The second-order valence-corrected chi connectivity index (χ2v) is 2.51. The number of aliphatic hydroxyl groups excluding tert-OH is 5. The van der Waals surface area contributed by atoms with Gasteiger partial charge in [0.1, 0.15) is 18.3 Å². The van der Waals surface area contributed by atoms with Gasteiger partial charge in [0.05, 0.1) is 6.61 Å². The Labute approximate surface area is 115 Å². The predicted octanol–water partition coefficient (Wildman–Crippen LogP) is -3.65. The summed E-state index contributed by atoms with van der Waals surface area (Å²) in [6, 6.07) is 0. The van der Waals surface area contributed by atoms with E-state index in [0.29, 0.717) is 0 Å². The molecule has 15 heavy (non-hydrogen) atoms. The van der Waals surface area contributed by atoms with Gasteiger partial charge in [-0.15, -0.1) is 0 Å². The maximum absolute atomic E-state index is 10.1. The maximum Gasteiger partial charge on any atom is 2.00 e. The second-order valence-electron chi connectivity index (χ2n) is 2.51. The van der Waals surface area contributed by atoms with Crippen molar-refractivity contribution >= 4 is 29.0 Å². The summed E-state index contributed by atoms with van der Waals surface area (Å²) >= 11 is 0. The molecule has 0 unspecified atom stereocenters. The minimum Gasteiger partial charge on any atom is -1.00 e. The van der Waals surface area contributed by atoms with Gasteiger partial charge in [-0.05, 0) is 0 Å². The van der Waals surface area contributed by atoms with Crippen LogP contribution in [0, 0.1) is 0 Å². The van der Waals surface area contributed by atoms with Crippen LogP contribution in [0.1, 0.15) is 2.85 Å². The van der Waals surface area contributed by atoms with Crippen LogP contribution >= 0.6 is 0 Å². The minimum atomic E-state index is -2.20. The normalized spacial score (nSPS) is 17.7. The molecule has 93 valence electrons. The van der Waals surface area contributed by atoms with Crippen LogP contribution in [-0.4, -0.2) is 90.7 Å². The van der Waals surface area contributed by atoms with Crippen LogP contribution in [0.15, 0.2) is 0 Å².